The van der Waals surface area contributed by atoms with Crippen LogP contribution < -0.4 is 4.90 Å². The highest BCUT2D eigenvalue weighted by Gasteiger charge is 2.17. The van der Waals surface area contributed by atoms with Gasteiger partial charge in [-0.15, -0.1) is 0 Å². The van der Waals surface area contributed by atoms with E-state index in [9.17, 15) is 9.18 Å². The molecule has 0 aromatic heterocycles. The van der Waals surface area contributed by atoms with Crippen LogP contribution in [0.2, 0.25) is 5.02 Å². The van der Waals surface area contributed by atoms with Gasteiger partial charge in [-0.05, 0) is 30.3 Å². The highest BCUT2D eigenvalue weighted by molar-refractivity contribution is 6.31. The second kappa shape index (κ2) is 5.72. The minimum absolute atomic E-state index is 0.113. The van der Waals surface area contributed by atoms with Crippen molar-refractivity contribution in [2.24, 2.45) is 0 Å². The smallest absolute Gasteiger partial charge is 0.258 e. The first-order valence-electron chi connectivity index (χ1n) is 5.77. The molecule has 0 spiro atoms. The first-order valence-corrected chi connectivity index (χ1v) is 6.14. The van der Waals surface area contributed by atoms with E-state index in [1.807, 2.05) is 6.07 Å². The van der Waals surface area contributed by atoms with E-state index in [1.54, 1.807) is 31.3 Å². The second-order valence-electron chi connectivity index (χ2n) is 4.12. The molecule has 2 aromatic carbocycles. The topological polar surface area (TPSA) is 44.1 Å². The molecule has 0 N–H and O–H groups in total. The molecular weight excluding hydrogens is 279 g/mol. The first-order chi connectivity index (χ1) is 9.54. The summed E-state index contributed by atoms with van der Waals surface area (Å²) in [6.07, 6.45) is 0. The lowest BCUT2D eigenvalue weighted by Crippen LogP contribution is -2.27. The van der Waals surface area contributed by atoms with Crippen molar-refractivity contribution in [2.45, 2.75) is 0 Å². The maximum Gasteiger partial charge on any atom is 0.258 e. The molecular formula is C15H10ClFN2O. The van der Waals surface area contributed by atoms with Crippen molar-refractivity contribution in [1.29, 1.82) is 5.26 Å². The van der Waals surface area contributed by atoms with Crippen LogP contribution >= 0.6 is 11.6 Å². The van der Waals surface area contributed by atoms with Gasteiger partial charge in [0.1, 0.15) is 11.9 Å². The summed E-state index contributed by atoms with van der Waals surface area (Å²) in [5, 5.41) is 8.93. The van der Waals surface area contributed by atoms with Crippen molar-refractivity contribution in [1.82, 2.24) is 0 Å². The van der Waals surface area contributed by atoms with E-state index in [0.29, 0.717) is 11.3 Å². The Kier molecular flexibility index (Phi) is 4.02. The summed E-state index contributed by atoms with van der Waals surface area (Å²) in [6, 6.07) is 12.5. The van der Waals surface area contributed by atoms with E-state index >= 15 is 0 Å². The Morgan fingerprint density at radius 2 is 2.00 bits per heavy atom. The molecule has 0 atom stereocenters. The number of para-hydroxylation sites is 1. The second-order valence-corrected chi connectivity index (χ2v) is 4.53. The minimum Gasteiger partial charge on any atom is -0.310 e. The molecule has 2 aromatic rings. The van der Waals surface area contributed by atoms with Gasteiger partial charge in [0.15, 0.2) is 0 Å². The Morgan fingerprint density at radius 3 is 2.65 bits per heavy atom. The molecule has 100 valence electrons. The lowest BCUT2D eigenvalue weighted by Gasteiger charge is -2.18. The van der Waals surface area contributed by atoms with Gasteiger partial charge in [0.05, 0.1) is 16.3 Å². The van der Waals surface area contributed by atoms with Gasteiger partial charge in [-0.2, -0.15) is 5.26 Å². The molecule has 3 nitrogen and oxygen atoms in total. The Labute approximate surface area is 120 Å². The monoisotopic (exact) mass is 288 g/mol. The van der Waals surface area contributed by atoms with Gasteiger partial charge in [0.25, 0.3) is 5.91 Å². The average molecular weight is 289 g/mol. The first kappa shape index (κ1) is 14.0. The van der Waals surface area contributed by atoms with Crippen LogP contribution in [-0.2, 0) is 0 Å². The van der Waals surface area contributed by atoms with Crippen LogP contribution in [0.4, 0.5) is 10.1 Å². The van der Waals surface area contributed by atoms with Gasteiger partial charge in [-0.25, -0.2) is 4.39 Å². The van der Waals surface area contributed by atoms with E-state index < -0.39 is 5.82 Å². The van der Waals surface area contributed by atoms with Gasteiger partial charge in [0, 0.05) is 12.6 Å². The van der Waals surface area contributed by atoms with Crippen molar-refractivity contribution in [3.05, 3.63) is 64.4 Å². The fourth-order valence-corrected chi connectivity index (χ4v) is 1.97. The summed E-state index contributed by atoms with van der Waals surface area (Å²) >= 11 is 5.67. The highest BCUT2D eigenvalue weighted by Crippen LogP contribution is 2.22. The number of halogens is 2. The number of amides is 1. The number of hydrogen-bond acceptors (Lipinski definition) is 2. The lowest BCUT2D eigenvalue weighted by atomic mass is 10.1. The van der Waals surface area contributed by atoms with Gasteiger partial charge < -0.3 is 4.90 Å². The van der Waals surface area contributed by atoms with Crippen LogP contribution in [0.15, 0.2) is 42.5 Å². The van der Waals surface area contributed by atoms with Crippen LogP contribution in [-0.4, -0.2) is 13.0 Å². The Bertz CT molecular complexity index is 709. The largest absolute Gasteiger partial charge is 0.310 e. The van der Waals surface area contributed by atoms with Crippen molar-refractivity contribution < 1.29 is 9.18 Å². The van der Waals surface area contributed by atoms with Gasteiger partial charge >= 0.3 is 0 Å². The van der Waals surface area contributed by atoms with Crippen LogP contribution in [0.25, 0.3) is 0 Å². The molecule has 20 heavy (non-hydrogen) atoms. The predicted octanol–water partition coefficient (Wildman–Crippen LogP) is 3.63. The van der Waals surface area contributed by atoms with Crippen molar-refractivity contribution in [3.63, 3.8) is 0 Å². The standard InChI is InChI=1S/C15H10ClFN2O/c1-19(14-5-3-2-4-11(14)9-18)15(20)10-6-7-13(17)12(16)8-10/h2-8H,1H3. The summed E-state index contributed by atoms with van der Waals surface area (Å²) in [6.45, 7) is 0. The number of rotatable bonds is 2. The fourth-order valence-electron chi connectivity index (χ4n) is 1.79. The molecule has 0 saturated carbocycles. The van der Waals surface area contributed by atoms with Crippen LogP contribution in [0.1, 0.15) is 15.9 Å². The SMILES string of the molecule is CN(C(=O)c1ccc(F)c(Cl)c1)c1ccccc1C#N. The lowest BCUT2D eigenvalue weighted by molar-refractivity contribution is 0.0993. The Balaban J connectivity index is 2.38. The Hall–Kier alpha value is -2.38. The summed E-state index contributed by atoms with van der Waals surface area (Å²) in [4.78, 5) is 13.6. The van der Waals surface area contributed by atoms with Gasteiger partial charge in [-0.1, -0.05) is 23.7 Å². The predicted molar refractivity (Wildman–Crippen MR) is 75.3 cm³/mol. The third kappa shape index (κ3) is 2.63. The quantitative estimate of drug-likeness (QED) is 0.847. The van der Waals surface area contributed by atoms with Crippen molar-refractivity contribution >= 4 is 23.2 Å². The van der Waals surface area contributed by atoms with Crippen molar-refractivity contribution in [2.75, 3.05) is 11.9 Å². The number of carbonyl (C=O) groups excluding carboxylic acids is 1. The molecule has 0 radical (unpaired) electrons. The molecule has 0 aliphatic carbocycles. The average Bonchev–Trinajstić information content (AvgIpc) is 2.48. The zero-order valence-corrected chi connectivity index (χ0v) is 11.4. The normalized spacial score (nSPS) is 9.90. The van der Waals surface area contributed by atoms with Gasteiger partial charge in [-0.3, -0.25) is 4.79 Å². The number of benzene rings is 2. The molecule has 5 heteroatoms. The molecule has 2 rings (SSSR count). The molecule has 0 aliphatic rings. The molecule has 0 heterocycles. The van der Waals surface area contributed by atoms with E-state index in [2.05, 4.69) is 0 Å². The number of anilines is 1. The fraction of sp³-hybridized carbons (Fsp3) is 0.0667. The Morgan fingerprint density at radius 1 is 1.30 bits per heavy atom. The summed E-state index contributed by atoms with van der Waals surface area (Å²) in [5.74, 6) is -0.946. The number of hydrogen-bond donors (Lipinski definition) is 0. The van der Waals surface area contributed by atoms with E-state index in [0.717, 1.165) is 6.07 Å². The van der Waals surface area contributed by atoms with Crippen LogP contribution in [0.3, 0.4) is 0 Å². The maximum absolute atomic E-state index is 13.1. The summed E-state index contributed by atoms with van der Waals surface area (Å²) in [7, 11) is 1.55. The molecule has 0 fully saturated rings. The molecule has 0 aliphatic heterocycles. The summed E-state index contributed by atoms with van der Waals surface area (Å²) in [5.41, 5.74) is 1.13. The number of carbonyl (C=O) groups is 1. The molecule has 0 unspecified atom stereocenters. The van der Waals surface area contributed by atoms with E-state index in [1.165, 1.54) is 17.0 Å². The zero-order valence-electron chi connectivity index (χ0n) is 10.6. The van der Waals surface area contributed by atoms with E-state index in [-0.39, 0.29) is 16.5 Å². The van der Waals surface area contributed by atoms with Crippen molar-refractivity contribution in [3.8, 4) is 6.07 Å². The maximum atomic E-state index is 13.1. The molecule has 0 bridgehead atoms. The molecule has 1 amide bonds. The third-order valence-electron chi connectivity index (χ3n) is 2.86. The van der Waals surface area contributed by atoms with Gasteiger partial charge in [0.2, 0.25) is 0 Å². The van der Waals surface area contributed by atoms with E-state index in [4.69, 9.17) is 16.9 Å². The van der Waals surface area contributed by atoms with Crippen LogP contribution in [0, 0.1) is 17.1 Å². The highest BCUT2D eigenvalue weighted by atomic mass is 35.5. The summed E-state index contributed by atoms with van der Waals surface area (Å²) < 4.78 is 13.1. The number of nitriles is 1. The number of nitrogens with zero attached hydrogens (tertiary/aromatic N) is 2. The van der Waals surface area contributed by atoms with Crippen LogP contribution in [0.5, 0.6) is 0 Å². The minimum atomic E-state index is -0.580. The third-order valence-corrected chi connectivity index (χ3v) is 3.15. The molecule has 0 saturated heterocycles. The zero-order chi connectivity index (χ0) is 14.7.